The summed E-state index contributed by atoms with van der Waals surface area (Å²) in [4.78, 5) is 70.2. The third-order valence-electron chi connectivity index (χ3n) is 14.4. The topological polar surface area (TPSA) is 207 Å². The summed E-state index contributed by atoms with van der Waals surface area (Å²) in [5.41, 5.74) is -0.516. The Morgan fingerprint density at radius 3 is 2.42 bits per heavy atom. The van der Waals surface area contributed by atoms with Crippen LogP contribution in [0.15, 0.2) is 54.7 Å². The van der Waals surface area contributed by atoms with Crippen LogP contribution in [0.5, 0.6) is 17.4 Å². The number of nitrogens with one attached hydrogen (secondary N) is 2. The van der Waals surface area contributed by atoms with Crippen molar-refractivity contribution in [1.82, 2.24) is 29.8 Å². The summed E-state index contributed by atoms with van der Waals surface area (Å²) in [5, 5.41) is 14.6. The molecule has 10 atom stereocenters. The molecule has 3 N–H and O–H groups in total. The fraction of sp³-hybridized carbons (Fsp3) is 0.583. The van der Waals surface area contributed by atoms with E-state index in [0.717, 1.165) is 18.2 Å². The maximum absolute atomic E-state index is 15.5. The molecule has 16 nitrogen and oxygen atoms in total. The number of nitrogens with zero attached hydrogens (tertiary/aromatic N) is 4. The van der Waals surface area contributed by atoms with E-state index < -0.39 is 74.7 Å². The molecule has 2 aromatic heterocycles. The largest absolute Gasteiger partial charge is 0.497 e. The van der Waals surface area contributed by atoms with Gasteiger partial charge in [-0.05, 0) is 137 Å². The highest BCUT2D eigenvalue weighted by molar-refractivity contribution is 7.91. The monoisotopic (exact) mass is 912 g/mol. The quantitative estimate of drug-likeness (QED) is 0.187. The van der Waals surface area contributed by atoms with Crippen molar-refractivity contribution in [3.63, 3.8) is 0 Å². The molecule has 0 spiro atoms. The smallest absolute Gasteiger partial charge is 0.408 e. The summed E-state index contributed by atoms with van der Waals surface area (Å²) in [6.45, 7) is 7.80. The van der Waals surface area contributed by atoms with Crippen molar-refractivity contribution in [1.29, 1.82) is 0 Å². The number of methoxy groups -OCH3 is 1. The van der Waals surface area contributed by atoms with Crippen LogP contribution in [0.1, 0.15) is 91.9 Å². The normalized spacial score (nSPS) is 31.7. The van der Waals surface area contributed by atoms with E-state index in [-0.39, 0.29) is 43.3 Å². The average molecular weight is 913 g/mol. The molecule has 0 bridgehead atoms. The molecule has 4 aliphatic carbocycles. The van der Waals surface area contributed by atoms with Gasteiger partial charge in [-0.15, -0.1) is 0 Å². The molecule has 3 aromatic rings. The molecule has 0 radical (unpaired) electrons. The molecule has 65 heavy (non-hydrogen) atoms. The second kappa shape index (κ2) is 17.4. The van der Waals surface area contributed by atoms with Gasteiger partial charge in [-0.1, -0.05) is 26.0 Å². The molecule has 1 unspecified atom stereocenters. The van der Waals surface area contributed by atoms with Gasteiger partial charge in [0, 0.05) is 23.8 Å². The van der Waals surface area contributed by atoms with E-state index >= 15 is 4.79 Å². The molecule has 4 amide bonds. The Labute approximate surface area is 379 Å². The predicted molar refractivity (Wildman–Crippen MR) is 240 cm³/mol. The van der Waals surface area contributed by atoms with Gasteiger partial charge in [-0.3, -0.25) is 29.0 Å². The zero-order valence-electron chi connectivity index (χ0n) is 37.6. The Morgan fingerprint density at radius 1 is 0.985 bits per heavy atom. The summed E-state index contributed by atoms with van der Waals surface area (Å²) in [7, 11) is -2.37. The molecule has 4 heterocycles. The average Bonchev–Trinajstić information content (AvgIpc) is 4.23. The summed E-state index contributed by atoms with van der Waals surface area (Å²) in [6.07, 6.45) is 8.94. The molecule has 6 aliphatic rings. The van der Waals surface area contributed by atoms with Gasteiger partial charge in [0.25, 0.3) is 5.91 Å². The number of pyridine rings is 2. The summed E-state index contributed by atoms with van der Waals surface area (Å²) >= 11 is 0. The lowest BCUT2D eigenvalue weighted by Crippen LogP contribution is -2.61. The van der Waals surface area contributed by atoms with Crippen LogP contribution in [-0.4, -0.2) is 112 Å². The van der Waals surface area contributed by atoms with Crippen molar-refractivity contribution < 1.29 is 46.9 Å². The van der Waals surface area contributed by atoms with Gasteiger partial charge in [0.05, 0.1) is 42.6 Å². The third kappa shape index (κ3) is 9.21. The second-order valence-electron chi connectivity index (χ2n) is 19.7. The highest BCUT2D eigenvalue weighted by Crippen LogP contribution is 2.54. The van der Waals surface area contributed by atoms with Crippen molar-refractivity contribution in [3.05, 3.63) is 54.7 Å². The molecule has 2 aliphatic heterocycles. The van der Waals surface area contributed by atoms with Crippen LogP contribution in [0.2, 0.25) is 0 Å². The van der Waals surface area contributed by atoms with E-state index in [9.17, 15) is 27.9 Å². The maximum atomic E-state index is 15.5. The minimum Gasteiger partial charge on any atom is -0.497 e. The molecule has 17 heteroatoms. The summed E-state index contributed by atoms with van der Waals surface area (Å²) in [5.74, 6) is -0.391. The minimum absolute atomic E-state index is 0.0165. The van der Waals surface area contributed by atoms with Crippen molar-refractivity contribution >= 4 is 44.6 Å². The zero-order valence-corrected chi connectivity index (χ0v) is 38.5. The highest BCUT2D eigenvalue weighted by Gasteiger charge is 2.62. The lowest BCUT2D eigenvalue weighted by molar-refractivity contribution is -0.145. The summed E-state index contributed by atoms with van der Waals surface area (Å²) < 4.78 is 46.6. The van der Waals surface area contributed by atoms with Crippen LogP contribution in [-0.2, 0) is 24.4 Å². The van der Waals surface area contributed by atoms with E-state index in [4.69, 9.17) is 19.2 Å². The maximum Gasteiger partial charge on any atom is 0.408 e. The van der Waals surface area contributed by atoms with Crippen LogP contribution >= 0.6 is 0 Å². The molecule has 9 rings (SSSR count). The SMILES string of the molecule is COc1ccc2c(O[C@@H]3C[C@H]4C(=O)N[C@]5(C(=O)NS(=O)(=O)C6CC6)C[C@H]5/C=C\CC[C@H](C)C[C@@H](C)[C@H](N(C(=O)O)[C@H]5CC6C[C@H]6C5)C(=O)N4C3)nc(-c3ccc(OC(C)C)cn3)cc2c1. The molecular formula is C48H60N6O10S. The number of rotatable bonds is 11. The van der Waals surface area contributed by atoms with Crippen molar-refractivity contribution in [2.75, 3.05) is 13.7 Å². The first-order valence-electron chi connectivity index (χ1n) is 23.2. The molecule has 1 aromatic carbocycles. The van der Waals surface area contributed by atoms with E-state index in [1.165, 1.54) is 9.80 Å². The molecule has 5 fully saturated rings. The van der Waals surface area contributed by atoms with Crippen LogP contribution < -0.4 is 24.2 Å². The highest BCUT2D eigenvalue weighted by atomic mass is 32.2. The zero-order chi connectivity index (χ0) is 45.9. The van der Waals surface area contributed by atoms with E-state index in [0.29, 0.717) is 78.6 Å². The number of sulfonamides is 1. The number of ether oxygens (including phenoxy) is 3. The van der Waals surface area contributed by atoms with Crippen LogP contribution in [0.4, 0.5) is 4.79 Å². The van der Waals surface area contributed by atoms with E-state index in [1.807, 2.05) is 57.2 Å². The number of carbonyl (C=O) groups excluding carboxylic acids is 3. The lowest BCUT2D eigenvalue weighted by Gasteiger charge is -2.40. The molecule has 1 saturated heterocycles. The number of hydrogen-bond acceptors (Lipinski definition) is 11. The van der Waals surface area contributed by atoms with Crippen molar-refractivity contribution in [3.8, 4) is 28.8 Å². The van der Waals surface area contributed by atoms with Gasteiger partial charge in [-0.2, -0.15) is 0 Å². The third-order valence-corrected chi connectivity index (χ3v) is 16.2. The van der Waals surface area contributed by atoms with Crippen molar-refractivity contribution in [2.45, 2.75) is 133 Å². The number of benzene rings is 1. The number of carbonyl (C=O) groups is 4. The number of aromatic nitrogens is 2. The first kappa shape index (κ1) is 44.7. The standard InChI is InChI=1S/C48H60N6O10S/c1-26(2)63-35-11-15-39(49-24-35)40-21-31-20-34(62-5)10-14-38(31)44(50-40)64-36-22-41-43(55)51-48(46(57)52-65(60,61)37-12-13-37)23-32(48)9-7-6-8-27(3)16-28(4)42(45(56)53(41)25-36)54(47(58)59)33-18-29-17-30(29)19-33/h7,9-11,14-15,20-21,24,26-30,32-33,36-37,41-42H,6,8,12-13,16-19,22-23,25H2,1-5H3,(H,51,55)(H,52,57)(H,58,59)/b9-7-/t27-,28+,29-,30?,32+,33+,36+,41-,42-,48+/m0/s1. The van der Waals surface area contributed by atoms with Crippen LogP contribution in [0.3, 0.4) is 0 Å². The molecule has 348 valence electrons. The number of allylic oxidation sites excluding steroid dienone is 1. The van der Waals surface area contributed by atoms with E-state index in [2.05, 4.69) is 21.9 Å². The fourth-order valence-electron chi connectivity index (χ4n) is 10.7. The Hall–Kier alpha value is -5.45. The molecular weight excluding hydrogens is 853 g/mol. The number of amides is 4. The Kier molecular flexibility index (Phi) is 12.0. The molecule has 4 saturated carbocycles. The first-order valence-corrected chi connectivity index (χ1v) is 24.7. The summed E-state index contributed by atoms with van der Waals surface area (Å²) in [6, 6.07) is 8.34. The van der Waals surface area contributed by atoms with Gasteiger partial charge in [0.1, 0.15) is 35.2 Å². The van der Waals surface area contributed by atoms with Gasteiger partial charge >= 0.3 is 6.09 Å². The number of carboxylic acid groups (broad SMARTS) is 1. The predicted octanol–water partition coefficient (Wildman–Crippen LogP) is 6.08. The van der Waals surface area contributed by atoms with Crippen LogP contribution in [0, 0.1) is 29.6 Å². The van der Waals surface area contributed by atoms with Gasteiger partial charge in [-0.25, -0.2) is 18.2 Å². The van der Waals surface area contributed by atoms with E-state index in [1.54, 1.807) is 25.4 Å². The van der Waals surface area contributed by atoms with Gasteiger partial charge in [0.2, 0.25) is 27.7 Å². The first-order chi connectivity index (χ1) is 31.0. The minimum atomic E-state index is -3.95. The fourth-order valence-corrected chi connectivity index (χ4v) is 12.0. The Morgan fingerprint density at radius 2 is 1.74 bits per heavy atom. The van der Waals surface area contributed by atoms with Crippen LogP contribution in [0.25, 0.3) is 22.2 Å². The number of fused-ring (bicyclic) bond motifs is 4. The van der Waals surface area contributed by atoms with Gasteiger partial charge in [0.15, 0.2) is 0 Å². The Balaban J connectivity index is 1.09. The lowest BCUT2D eigenvalue weighted by atomic mass is 9.86. The van der Waals surface area contributed by atoms with Gasteiger partial charge < -0.3 is 29.5 Å². The second-order valence-corrected chi connectivity index (χ2v) is 21.7. The number of hydrogen-bond donors (Lipinski definition) is 3. The Bertz CT molecular complexity index is 2490. The van der Waals surface area contributed by atoms with Crippen molar-refractivity contribution in [2.24, 2.45) is 29.6 Å².